The summed E-state index contributed by atoms with van der Waals surface area (Å²) in [6, 6.07) is 45.6. The third-order valence-corrected chi connectivity index (χ3v) is 7.24. The molecule has 0 bridgehead atoms. The molecule has 0 amide bonds. The molecule has 0 fully saturated rings. The second kappa shape index (κ2) is 9.50. The predicted octanol–water partition coefficient (Wildman–Crippen LogP) is 8.97. The number of benzene rings is 5. The Labute approximate surface area is 214 Å². The number of hydrogen-bond acceptors (Lipinski definition) is 4. The molecule has 0 atom stereocenters. The van der Waals surface area contributed by atoms with Gasteiger partial charge in [0.15, 0.2) is 0 Å². The number of hydrogen-bond donors (Lipinski definition) is 0. The van der Waals surface area contributed by atoms with Crippen LogP contribution in [0.2, 0.25) is 0 Å². The normalized spacial score (nSPS) is 10.8. The average molecular weight is 480 g/mol. The van der Waals surface area contributed by atoms with Crippen LogP contribution in [0.1, 0.15) is 5.56 Å². The van der Waals surface area contributed by atoms with Crippen LogP contribution in [0.4, 0.5) is 17.1 Å². The molecular weight excluding hydrogens is 458 g/mol. The lowest BCUT2D eigenvalue weighted by molar-refractivity contribution is 1.28. The van der Waals surface area contributed by atoms with Crippen LogP contribution in [-0.4, -0.2) is 4.98 Å². The number of rotatable bonds is 5. The minimum Gasteiger partial charge on any atom is -0.311 e. The van der Waals surface area contributed by atoms with E-state index in [1.54, 1.807) is 11.3 Å². The van der Waals surface area contributed by atoms with Crippen molar-refractivity contribution >= 4 is 38.6 Å². The van der Waals surface area contributed by atoms with Crippen LogP contribution in [-0.2, 0) is 0 Å². The van der Waals surface area contributed by atoms with E-state index in [0.717, 1.165) is 44.3 Å². The zero-order valence-corrected chi connectivity index (χ0v) is 20.2. The van der Waals surface area contributed by atoms with E-state index < -0.39 is 0 Å². The molecule has 170 valence electrons. The van der Waals surface area contributed by atoms with Crippen molar-refractivity contribution in [1.82, 2.24) is 4.98 Å². The summed E-state index contributed by atoms with van der Waals surface area (Å²) in [5.41, 5.74) is 8.27. The Morgan fingerprint density at radius 3 is 1.69 bits per heavy atom. The van der Waals surface area contributed by atoms with E-state index in [4.69, 9.17) is 10.2 Å². The zero-order chi connectivity index (χ0) is 24.3. The fourth-order valence-corrected chi connectivity index (χ4v) is 5.28. The number of fused-ring (bicyclic) bond motifs is 1. The maximum absolute atomic E-state index is 9.07. The average Bonchev–Trinajstić information content (AvgIpc) is 3.39. The SMILES string of the molecule is N#Cc1ccc(-c2ccc(N(c3ccccc3)c3ccc(-c4nc5ccccc5s4)cc3)cc2)cc1. The summed E-state index contributed by atoms with van der Waals surface area (Å²) >= 11 is 1.72. The smallest absolute Gasteiger partial charge is 0.124 e. The maximum atomic E-state index is 9.07. The van der Waals surface area contributed by atoms with Crippen molar-refractivity contribution in [2.45, 2.75) is 0 Å². The Morgan fingerprint density at radius 2 is 1.08 bits per heavy atom. The van der Waals surface area contributed by atoms with Gasteiger partial charge in [-0.3, -0.25) is 0 Å². The maximum Gasteiger partial charge on any atom is 0.124 e. The van der Waals surface area contributed by atoms with Crippen molar-refractivity contribution in [2.75, 3.05) is 4.90 Å². The molecular formula is C32H21N3S. The fourth-order valence-electron chi connectivity index (χ4n) is 4.31. The molecule has 6 rings (SSSR count). The lowest BCUT2D eigenvalue weighted by Gasteiger charge is -2.25. The molecule has 0 aliphatic heterocycles. The van der Waals surface area contributed by atoms with E-state index in [-0.39, 0.29) is 0 Å². The molecule has 5 aromatic carbocycles. The van der Waals surface area contributed by atoms with E-state index in [1.807, 2.05) is 36.4 Å². The van der Waals surface area contributed by atoms with E-state index in [0.29, 0.717) is 5.56 Å². The number of thiazole rings is 1. The lowest BCUT2D eigenvalue weighted by Crippen LogP contribution is -2.09. The molecule has 0 aliphatic carbocycles. The fraction of sp³-hybridized carbons (Fsp3) is 0. The summed E-state index contributed by atoms with van der Waals surface area (Å²) in [7, 11) is 0. The number of aromatic nitrogens is 1. The minimum atomic E-state index is 0.667. The first-order chi connectivity index (χ1) is 17.8. The van der Waals surface area contributed by atoms with Gasteiger partial charge in [-0.25, -0.2) is 4.98 Å². The topological polar surface area (TPSA) is 39.9 Å². The third kappa shape index (κ3) is 4.24. The van der Waals surface area contributed by atoms with Gasteiger partial charge < -0.3 is 4.90 Å². The van der Waals surface area contributed by atoms with Crippen LogP contribution >= 0.6 is 11.3 Å². The first-order valence-corrected chi connectivity index (χ1v) is 12.5. The molecule has 6 aromatic rings. The molecule has 36 heavy (non-hydrogen) atoms. The van der Waals surface area contributed by atoms with E-state index >= 15 is 0 Å². The predicted molar refractivity (Wildman–Crippen MR) is 150 cm³/mol. The molecule has 0 radical (unpaired) electrons. The molecule has 3 nitrogen and oxygen atoms in total. The van der Waals surface area contributed by atoms with Crippen LogP contribution in [0, 0.1) is 11.3 Å². The summed E-state index contributed by atoms with van der Waals surface area (Å²) in [5.74, 6) is 0. The Kier molecular flexibility index (Phi) is 5.75. The molecule has 0 saturated heterocycles. The van der Waals surface area contributed by atoms with Gasteiger partial charge in [0.25, 0.3) is 0 Å². The quantitative estimate of drug-likeness (QED) is 0.248. The highest BCUT2D eigenvalue weighted by molar-refractivity contribution is 7.21. The van der Waals surface area contributed by atoms with Crippen molar-refractivity contribution in [3.05, 3.63) is 133 Å². The van der Waals surface area contributed by atoms with Gasteiger partial charge in [-0.1, -0.05) is 54.6 Å². The lowest BCUT2D eigenvalue weighted by atomic mass is 10.0. The van der Waals surface area contributed by atoms with Crippen molar-refractivity contribution in [3.63, 3.8) is 0 Å². The standard InChI is InChI=1S/C32H21N3S/c33-22-23-10-12-24(13-11-23)25-14-18-28(19-15-25)35(27-6-2-1-3-7-27)29-20-16-26(17-21-29)32-34-30-8-4-5-9-31(30)36-32/h1-21H. The van der Waals surface area contributed by atoms with Gasteiger partial charge in [0.2, 0.25) is 0 Å². The van der Waals surface area contributed by atoms with Crippen LogP contribution in [0.25, 0.3) is 31.9 Å². The van der Waals surface area contributed by atoms with Gasteiger partial charge in [0.1, 0.15) is 5.01 Å². The molecule has 0 aliphatic rings. The molecule has 0 N–H and O–H groups in total. The summed E-state index contributed by atoms with van der Waals surface area (Å²) in [6.07, 6.45) is 0. The van der Waals surface area contributed by atoms with E-state index in [1.165, 1.54) is 4.70 Å². The first-order valence-electron chi connectivity index (χ1n) is 11.7. The monoisotopic (exact) mass is 479 g/mol. The molecule has 0 unspecified atom stereocenters. The largest absolute Gasteiger partial charge is 0.311 e. The Hall–Kier alpha value is -4.72. The third-order valence-electron chi connectivity index (χ3n) is 6.15. The summed E-state index contributed by atoms with van der Waals surface area (Å²) in [6.45, 7) is 0. The zero-order valence-electron chi connectivity index (χ0n) is 19.4. The van der Waals surface area contributed by atoms with Crippen LogP contribution in [0.5, 0.6) is 0 Å². The van der Waals surface area contributed by atoms with E-state index in [2.05, 4.69) is 102 Å². The number of para-hydroxylation sites is 2. The molecule has 0 spiro atoms. The Bertz CT molecular complexity index is 1630. The molecule has 1 heterocycles. The van der Waals surface area contributed by atoms with Gasteiger partial charge in [0, 0.05) is 22.6 Å². The molecule has 1 aromatic heterocycles. The highest BCUT2D eigenvalue weighted by Gasteiger charge is 2.13. The van der Waals surface area contributed by atoms with Crippen LogP contribution in [0.3, 0.4) is 0 Å². The highest BCUT2D eigenvalue weighted by atomic mass is 32.1. The number of anilines is 3. The van der Waals surface area contributed by atoms with Crippen LogP contribution in [0.15, 0.2) is 127 Å². The summed E-state index contributed by atoms with van der Waals surface area (Å²) in [5, 5.41) is 10.1. The Balaban J connectivity index is 1.35. The Morgan fingerprint density at radius 1 is 0.556 bits per heavy atom. The van der Waals surface area contributed by atoms with Crippen LogP contribution < -0.4 is 4.90 Å². The summed E-state index contributed by atoms with van der Waals surface area (Å²) < 4.78 is 1.20. The summed E-state index contributed by atoms with van der Waals surface area (Å²) in [4.78, 5) is 7.06. The molecule has 4 heteroatoms. The minimum absolute atomic E-state index is 0.667. The van der Waals surface area contributed by atoms with Crippen molar-refractivity contribution in [3.8, 4) is 27.8 Å². The van der Waals surface area contributed by atoms with Gasteiger partial charge in [0.05, 0.1) is 21.8 Å². The highest BCUT2D eigenvalue weighted by Crippen LogP contribution is 2.37. The number of nitrogens with zero attached hydrogens (tertiary/aromatic N) is 3. The van der Waals surface area contributed by atoms with Gasteiger partial charge in [-0.15, -0.1) is 11.3 Å². The second-order valence-corrected chi connectivity index (χ2v) is 9.47. The van der Waals surface area contributed by atoms with Crippen molar-refractivity contribution in [1.29, 1.82) is 5.26 Å². The van der Waals surface area contributed by atoms with Gasteiger partial charge in [-0.2, -0.15) is 5.26 Å². The second-order valence-electron chi connectivity index (χ2n) is 8.44. The van der Waals surface area contributed by atoms with Crippen molar-refractivity contribution < 1.29 is 0 Å². The first kappa shape index (κ1) is 21.8. The molecule has 0 saturated carbocycles. The van der Waals surface area contributed by atoms with Crippen molar-refractivity contribution in [2.24, 2.45) is 0 Å². The number of nitriles is 1. The van der Waals surface area contributed by atoms with Gasteiger partial charge >= 0.3 is 0 Å². The van der Waals surface area contributed by atoms with Gasteiger partial charge in [-0.05, 0) is 83.9 Å². The van der Waals surface area contributed by atoms with E-state index in [9.17, 15) is 0 Å².